The van der Waals surface area contributed by atoms with Gasteiger partial charge in [-0.05, 0) is 41.3 Å². The molecule has 0 saturated heterocycles. The predicted octanol–water partition coefficient (Wildman–Crippen LogP) is 3.16. The summed E-state index contributed by atoms with van der Waals surface area (Å²) < 4.78 is 28.2. The molecule has 1 N–H and O–H groups in total. The molecule has 1 atom stereocenters. The predicted molar refractivity (Wildman–Crippen MR) is 109 cm³/mol. The van der Waals surface area contributed by atoms with Gasteiger partial charge in [0.25, 0.3) is 0 Å². The summed E-state index contributed by atoms with van der Waals surface area (Å²) in [5.74, 6) is 0. The average molecular weight is 394 g/mol. The minimum Gasteiger partial charge on any atom is -0.290 e. The first-order chi connectivity index (χ1) is 13.6. The van der Waals surface area contributed by atoms with Crippen molar-refractivity contribution >= 4 is 10.0 Å². The Kier molecular flexibility index (Phi) is 5.52. The van der Waals surface area contributed by atoms with Gasteiger partial charge in [0.15, 0.2) is 0 Å². The van der Waals surface area contributed by atoms with E-state index in [1.165, 1.54) is 11.1 Å². The molecule has 5 nitrogen and oxygen atoms in total. The molecule has 1 aromatic heterocycles. The third kappa shape index (κ3) is 4.14. The van der Waals surface area contributed by atoms with Crippen LogP contribution in [0.4, 0.5) is 0 Å². The fraction of sp³-hybridized carbons (Fsp3) is 0.227. The second-order valence-corrected chi connectivity index (χ2v) is 8.72. The van der Waals surface area contributed by atoms with E-state index >= 15 is 0 Å². The lowest BCUT2D eigenvalue weighted by molar-refractivity contribution is 0.180. The second kappa shape index (κ2) is 8.22. The van der Waals surface area contributed by atoms with E-state index in [4.69, 9.17) is 0 Å². The van der Waals surface area contributed by atoms with E-state index in [1.54, 1.807) is 30.5 Å². The molecule has 0 bridgehead atoms. The maximum Gasteiger partial charge on any atom is 0.240 e. The van der Waals surface area contributed by atoms with E-state index in [0.717, 1.165) is 25.1 Å². The number of sulfonamides is 1. The Labute approximate surface area is 166 Å². The van der Waals surface area contributed by atoms with Gasteiger partial charge in [-0.3, -0.25) is 9.88 Å². The molecule has 144 valence electrons. The lowest BCUT2D eigenvalue weighted by Crippen LogP contribution is -2.40. The van der Waals surface area contributed by atoms with Crippen molar-refractivity contribution in [2.45, 2.75) is 23.9 Å². The van der Waals surface area contributed by atoms with Crippen molar-refractivity contribution in [3.05, 3.63) is 95.8 Å². The first-order valence-electron chi connectivity index (χ1n) is 9.39. The molecule has 0 radical (unpaired) electrons. The highest BCUT2D eigenvalue weighted by atomic mass is 32.2. The van der Waals surface area contributed by atoms with E-state index in [-0.39, 0.29) is 10.9 Å². The minimum atomic E-state index is -3.56. The summed E-state index contributed by atoms with van der Waals surface area (Å²) in [5.41, 5.74) is 3.68. The van der Waals surface area contributed by atoms with Crippen LogP contribution in [0.2, 0.25) is 0 Å². The average Bonchev–Trinajstić information content (AvgIpc) is 2.75. The van der Waals surface area contributed by atoms with Gasteiger partial charge in [-0.15, -0.1) is 0 Å². The topological polar surface area (TPSA) is 62.3 Å². The molecule has 4 rings (SSSR count). The Morgan fingerprint density at radius 2 is 1.71 bits per heavy atom. The molecule has 0 amide bonds. The first kappa shape index (κ1) is 18.8. The minimum absolute atomic E-state index is 0.0828. The number of benzene rings is 2. The van der Waals surface area contributed by atoms with E-state index in [0.29, 0.717) is 6.54 Å². The molecule has 2 aromatic carbocycles. The molecule has 0 spiro atoms. The number of rotatable bonds is 6. The lowest BCUT2D eigenvalue weighted by Gasteiger charge is -2.35. The smallest absolute Gasteiger partial charge is 0.240 e. The zero-order valence-corrected chi connectivity index (χ0v) is 16.3. The van der Waals surface area contributed by atoms with Crippen molar-refractivity contribution in [2.24, 2.45) is 0 Å². The van der Waals surface area contributed by atoms with Crippen molar-refractivity contribution < 1.29 is 8.42 Å². The Morgan fingerprint density at radius 1 is 0.964 bits per heavy atom. The third-order valence-electron chi connectivity index (χ3n) is 5.19. The van der Waals surface area contributed by atoms with Crippen LogP contribution in [0.3, 0.4) is 0 Å². The molecular formula is C22H23N3O2S. The normalized spacial score (nSPS) is 15.7. The zero-order chi connectivity index (χ0) is 19.4. The van der Waals surface area contributed by atoms with Crippen molar-refractivity contribution in [2.75, 3.05) is 13.1 Å². The largest absolute Gasteiger partial charge is 0.290 e. The van der Waals surface area contributed by atoms with Gasteiger partial charge >= 0.3 is 0 Å². The van der Waals surface area contributed by atoms with Gasteiger partial charge in [0.1, 0.15) is 0 Å². The number of hydrogen-bond donors (Lipinski definition) is 1. The summed E-state index contributed by atoms with van der Waals surface area (Å²) in [7, 11) is -3.56. The maximum atomic E-state index is 12.7. The Morgan fingerprint density at radius 3 is 2.46 bits per heavy atom. The van der Waals surface area contributed by atoms with Crippen LogP contribution in [0.1, 0.15) is 22.7 Å². The fourth-order valence-corrected chi connectivity index (χ4v) is 4.75. The summed E-state index contributed by atoms with van der Waals surface area (Å²) in [6.07, 6.45) is 4.51. The molecule has 1 aliphatic heterocycles. The highest BCUT2D eigenvalue weighted by Crippen LogP contribution is 2.27. The van der Waals surface area contributed by atoms with Crippen molar-refractivity contribution in [1.82, 2.24) is 14.6 Å². The number of aromatic nitrogens is 1. The van der Waals surface area contributed by atoms with Crippen LogP contribution in [-0.2, 0) is 23.0 Å². The van der Waals surface area contributed by atoms with Gasteiger partial charge in [0, 0.05) is 32.0 Å². The fourth-order valence-electron chi connectivity index (χ4n) is 3.69. The highest BCUT2D eigenvalue weighted by Gasteiger charge is 2.26. The van der Waals surface area contributed by atoms with Gasteiger partial charge < -0.3 is 0 Å². The van der Waals surface area contributed by atoms with E-state index in [1.807, 2.05) is 24.4 Å². The van der Waals surface area contributed by atoms with E-state index in [9.17, 15) is 8.42 Å². The van der Waals surface area contributed by atoms with Crippen LogP contribution in [0.5, 0.6) is 0 Å². The van der Waals surface area contributed by atoms with Gasteiger partial charge in [-0.2, -0.15) is 0 Å². The molecule has 1 aliphatic rings. The van der Waals surface area contributed by atoms with Crippen LogP contribution < -0.4 is 4.72 Å². The number of pyridine rings is 1. The van der Waals surface area contributed by atoms with Gasteiger partial charge in [-0.1, -0.05) is 48.5 Å². The summed E-state index contributed by atoms with van der Waals surface area (Å²) in [6, 6.07) is 20.8. The third-order valence-corrected chi connectivity index (χ3v) is 6.63. The summed E-state index contributed by atoms with van der Waals surface area (Å²) in [6.45, 7) is 1.97. The molecule has 28 heavy (non-hydrogen) atoms. The quantitative estimate of drug-likeness (QED) is 0.699. The molecule has 0 aliphatic carbocycles. The van der Waals surface area contributed by atoms with Crippen LogP contribution in [-0.4, -0.2) is 31.4 Å². The maximum absolute atomic E-state index is 12.7. The zero-order valence-electron chi connectivity index (χ0n) is 15.5. The summed E-state index contributed by atoms with van der Waals surface area (Å²) in [5, 5.41) is 0. The number of fused-ring (bicyclic) bond motifs is 1. The molecular weight excluding hydrogens is 370 g/mol. The number of nitrogens with one attached hydrogen (secondary N) is 1. The molecule has 0 unspecified atom stereocenters. The number of hydrogen-bond acceptors (Lipinski definition) is 4. The Balaban J connectivity index is 1.57. The Bertz CT molecular complexity index is 1020. The highest BCUT2D eigenvalue weighted by molar-refractivity contribution is 7.89. The monoisotopic (exact) mass is 393 g/mol. The number of nitrogens with zero attached hydrogens (tertiary/aromatic N) is 2. The first-order valence-corrected chi connectivity index (χ1v) is 10.9. The van der Waals surface area contributed by atoms with E-state index in [2.05, 4.69) is 38.9 Å². The van der Waals surface area contributed by atoms with Crippen LogP contribution in [0.15, 0.2) is 84.0 Å². The van der Waals surface area contributed by atoms with Gasteiger partial charge in [0.2, 0.25) is 10.0 Å². The van der Waals surface area contributed by atoms with Crippen LogP contribution >= 0.6 is 0 Å². The molecule has 0 saturated carbocycles. The SMILES string of the molecule is O=S(=O)(NC[C@H](c1cccnc1)N1CCc2ccccc2C1)c1ccccc1. The standard InChI is InChI=1S/C22H23N3O2S/c26-28(27,21-10-2-1-3-11-21)24-16-22(19-9-6-13-23-15-19)25-14-12-18-7-4-5-8-20(18)17-25/h1-11,13,15,22,24H,12,14,16-17H2/t22-/m1/s1. The van der Waals surface area contributed by atoms with Crippen molar-refractivity contribution in [1.29, 1.82) is 0 Å². The molecule has 6 heteroatoms. The summed E-state index contributed by atoms with van der Waals surface area (Å²) >= 11 is 0. The van der Waals surface area contributed by atoms with E-state index < -0.39 is 10.0 Å². The molecule has 3 aromatic rings. The Hall–Kier alpha value is -2.54. The van der Waals surface area contributed by atoms with Crippen molar-refractivity contribution in [3.8, 4) is 0 Å². The molecule has 2 heterocycles. The van der Waals surface area contributed by atoms with Crippen molar-refractivity contribution in [3.63, 3.8) is 0 Å². The van der Waals surface area contributed by atoms with Crippen LogP contribution in [0.25, 0.3) is 0 Å². The van der Waals surface area contributed by atoms with Gasteiger partial charge in [0.05, 0.1) is 10.9 Å². The summed E-state index contributed by atoms with van der Waals surface area (Å²) in [4.78, 5) is 6.85. The second-order valence-electron chi connectivity index (χ2n) is 6.96. The lowest BCUT2D eigenvalue weighted by atomic mass is 9.97. The molecule has 0 fully saturated rings. The van der Waals surface area contributed by atoms with Gasteiger partial charge in [-0.25, -0.2) is 13.1 Å². The van der Waals surface area contributed by atoms with Crippen LogP contribution in [0, 0.1) is 0 Å².